The first kappa shape index (κ1) is 21.2. The lowest BCUT2D eigenvalue weighted by atomic mass is 10.2. The number of nitrogens with zero attached hydrogens (tertiary/aromatic N) is 3. The molecule has 0 aliphatic carbocycles. The topological polar surface area (TPSA) is 92.3 Å². The number of carbonyl (C=O) groups is 1. The van der Waals surface area contributed by atoms with Crippen molar-refractivity contribution >= 4 is 55.6 Å². The molecule has 1 aromatic heterocycles. The average molecular weight is 483 g/mol. The highest BCUT2D eigenvalue weighted by Crippen LogP contribution is 2.30. The van der Waals surface area contributed by atoms with Crippen LogP contribution in [-0.2, 0) is 10.0 Å². The molecule has 11 heteroatoms. The zero-order valence-electron chi connectivity index (χ0n) is 15.5. The van der Waals surface area contributed by atoms with Crippen molar-refractivity contribution in [2.24, 2.45) is 0 Å². The molecular weight excluding hydrogens is 467 g/mol. The molecule has 7 nitrogen and oxygen atoms in total. The van der Waals surface area contributed by atoms with E-state index in [-0.39, 0.29) is 15.5 Å². The summed E-state index contributed by atoms with van der Waals surface area (Å²) in [7, 11) is -3.75. The predicted molar refractivity (Wildman–Crippen MR) is 118 cm³/mol. The van der Waals surface area contributed by atoms with Gasteiger partial charge < -0.3 is 0 Å². The van der Waals surface area contributed by atoms with E-state index in [1.807, 2.05) is 12.1 Å². The van der Waals surface area contributed by atoms with E-state index in [1.165, 1.54) is 33.8 Å². The van der Waals surface area contributed by atoms with Gasteiger partial charge in [0.15, 0.2) is 0 Å². The SMILES string of the molecule is O=C(Nc1nnc(-c2ccc(Cl)cc2)s1)c1ccc(Cl)c(S(=O)(=O)N2CCCC2)c1. The van der Waals surface area contributed by atoms with E-state index in [9.17, 15) is 13.2 Å². The van der Waals surface area contributed by atoms with Crippen LogP contribution in [0.15, 0.2) is 47.4 Å². The number of amides is 1. The van der Waals surface area contributed by atoms with Gasteiger partial charge in [-0.3, -0.25) is 10.1 Å². The Kier molecular flexibility index (Phi) is 6.08. The molecule has 0 atom stereocenters. The molecule has 2 heterocycles. The van der Waals surface area contributed by atoms with Crippen LogP contribution in [0.2, 0.25) is 10.0 Å². The minimum absolute atomic E-state index is 0.0715. The normalized spacial score (nSPS) is 14.7. The Morgan fingerprint density at radius 2 is 1.73 bits per heavy atom. The summed E-state index contributed by atoms with van der Waals surface area (Å²) in [5.74, 6) is -0.497. The molecule has 1 fully saturated rings. The third kappa shape index (κ3) is 4.35. The molecular formula is C19H16Cl2N4O3S2. The molecule has 0 bridgehead atoms. The van der Waals surface area contributed by atoms with Gasteiger partial charge in [0.05, 0.1) is 5.02 Å². The Hall–Kier alpha value is -2.04. The van der Waals surface area contributed by atoms with Crippen LogP contribution < -0.4 is 5.32 Å². The smallest absolute Gasteiger partial charge is 0.257 e. The van der Waals surface area contributed by atoms with Crippen LogP contribution in [-0.4, -0.2) is 41.9 Å². The van der Waals surface area contributed by atoms with Crippen molar-refractivity contribution in [3.8, 4) is 10.6 Å². The Labute approximate surface area is 187 Å². The molecule has 2 aromatic carbocycles. The van der Waals surface area contributed by atoms with Crippen LogP contribution in [0.5, 0.6) is 0 Å². The van der Waals surface area contributed by atoms with Crippen LogP contribution in [0.4, 0.5) is 5.13 Å². The van der Waals surface area contributed by atoms with Gasteiger partial charge in [0.2, 0.25) is 15.2 Å². The third-order valence-electron chi connectivity index (χ3n) is 4.61. The number of anilines is 1. The lowest BCUT2D eigenvalue weighted by Gasteiger charge is -2.17. The molecule has 30 heavy (non-hydrogen) atoms. The van der Waals surface area contributed by atoms with Gasteiger partial charge in [0.25, 0.3) is 5.91 Å². The molecule has 1 saturated heterocycles. The van der Waals surface area contributed by atoms with E-state index in [4.69, 9.17) is 23.2 Å². The summed E-state index contributed by atoms with van der Waals surface area (Å²) in [4.78, 5) is 12.6. The summed E-state index contributed by atoms with van der Waals surface area (Å²) >= 11 is 13.2. The maximum atomic E-state index is 12.9. The van der Waals surface area contributed by atoms with Crippen molar-refractivity contribution < 1.29 is 13.2 Å². The van der Waals surface area contributed by atoms with Crippen molar-refractivity contribution in [1.29, 1.82) is 0 Å². The van der Waals surface area contributed by atoms with Crippen molar-refractivity contribution in [3.05, 3.63) is 58.1 Å². The fourth-order valence-electron chi connectivity index (χ4n) is 3.06. The number of nitrogens with one attached hydrogen (secondary N) is 1. The number of rotatable bonds is 5. The fourth-order valence-corrected chi connectivity index (χ4v) is 5.95. The highest BCUT2D eigenvalue weighted by Gasteiger charge is 2.29. The third-order valence-corrected chi connectivity index (χ3v) is 8.13. The standard InChI is InChI=1S/C19H16Cl2N4O3S2/c20-14-6-3-12(4-7-14)18-23-24-19(29-18)22-17(26)13-5-8-15(21)16(11-13)30(27,28)25-9-1-2-10-25/h3-8,11H,1-2,9-10H2,(H,22,24,26). The van der Waals surface area contributed by atoms with Crippen LogP contribution in [0.1, 0.15) is 23.2 Å². The van der Waals surface area contributed by atoms with Crippen molar-refractivity contribution in [3.63, 3.8) is 0 Å². The predicted octanol–water partition coefficient (Wildman–Crippen LogP) is 4.55. The van der Waals surface area contributed by atoms with Gasteiger partial charge in [-0.2, -0.15) is 4.31 Å². The molecule has 0 spiro atoms. The summed E-state index contributed by atoms with van der Waals surface area (Å²) in [6, 6.07) is 11.3. The summed E-state index contributed by atoms with van der Waals surface area (Å²) in [6.45, 7) is 0.903. The first-order valence-electron chi connectivity index (χ1n) is 9.05. The zero-order chi connectivity index (χ0) is 21.3. The minimum atomic E-state index is -3.75. The molecule has 156 valence electrons. The second-order valence-corrected chi connectivity index (χ2v) is 10.4. The maximum Gasteiger partial charge on any atom is 0.257 e. The van der Waals surface area contributed by atoms with Gasteiger partial charge in [-0.15, -0.1) is 10.2 Å². The number of hydrogen-bond acceptors (Lipinski definition) is 6. The van der Waals surface area contributed by atoms with Gasteiger partial charge >= 0.3 is 0 Å². The molecule has 0 saturated carbocycles. The Balaban J connectivity index is 1.55. The van der Waals surface area contributed by atoms with Crippen LogP contribution >= 0.6 is 34.5 Å². The second-order valence-electron chi connectivity index (χ2n) is 6.63. The average Bonchev–Trinajstić information content (AvgIpc) is 3.41. The number of benzene rings is 2. The zero-order valence-corrected chi connectivity index (χ0v) is 18.7. The van der Waals surface area contributed by atoms with E-state index in [2.05, 4.69) is 15.5 Å². The highest BCUT2D eigenvalue weighted by atomic mass is 35.5. The minimum Gasteiger partial charge on any atom is -0.296 e. The van der Waals surface area contributed by atoms with E-state index >= 15 is 0 Å². The lowest BCUT2D eigenvalue weighted by molar-refractivity contribution is 0.102. The first-order chi connectivity index (χ1) is 14.3. The monoisotopic (exact) mass is 482 g/mol. The number of halogens is 2. The first-order valence-corrected chi connectivity index (χ1v) is 12.1. The molecule has 0 unspecified atom stereocenters. The summed E-state index contributed by atoms with van der Waals surface area (Å²) in [5.41, 5.74) is 0.989. The van der Waals surface area contributed by atoms with Crippen molar-refractivity contribution in [2.75, 3.05) is 18.4 Å². The quantitative estimate of drug-likeness (QED) is 0.575. The van der Waals surface area contributed by atoms with E-state index in [0.717, 1.165) is 18.4 Å². The summed E-state index contributed by atoms with van der Waals surface area (Å²) in [6.07, 6.45) is 1.62. The number of carbonyl (C=O) groups excluding carboxylic acids is 1. The van der Waals surface area contributed by atoms with E-state index in [0.29, 0.717) is 28.3 Å². The molecule has 1 N–H and O–H groups in total. The van der Waals surface area contributed by atoms with Crippen molar-refractivity contribution in [1.82, 2.24) is 14.5 Å². The molecule has 4 rings (SSSR count). The summed E-state index contributed by atoms with van der Waals surface area (Å²) < 4.78 is 27.1. The van der Waals surface area contributed by atoms with Crippen LogP contribution in [0.25, 0.3) is 10.6 Å². The van der Waals surface area contributed by atoms with Crippen molar-refractivity contribution in [2.45, 2.75) is 17.7 Å². The van der Waals surface area contributed by atoms with E-state index in [1.54, 1.807) is 12.1 Å². The molecule has 1 aliphatic heterocycles. The van der Waals surface area contributed by atoms with Crippen LogP contribution in [0, 0.1) is 0 Å². The fraction of sp³-hybridized carbons (Fsp3) is 0.211. The van der Waals surface area contributed by atoms with Gasteiger partial charge in [-0.25, -0.2) is 8.42 Å². The van der Waals surface area contributed by atoms with Gasteiger partial charge in [0, 0.05) is 29.2 Å². The Morgan fingerprint density at radius 1 is 1.03 bits per heavy atom. The second kappa shape index (κ2) is 8.60. The maximum absolute atomic E-state index is 12.9. The highest BCUT2D eigenvalue weighted by molar-refractivity contribution is 7.89. The van der Waals surface area contributed by atoms with E-state index < -0.39 is 15.9 Å². The Bertz CT molecular complexity index is 1190. The van der Waals surface area contributed by atoms with Gasteiger partial charge in [0.1, 0.15) is 9.90 Å². The largest absolute Gasteiger partial charge is 0.296 e. The molecule has 1 aliphatic rings. The number of hydrogen-bond donors (Lipinski definition) is 1. The molecule has 1 amide bonds. The lowest BCUT2D eigenvalue weighted by Crippen LogP contribution is -2.28. The van der Waals surface area contributed by atoms with Gasteiger partial charge in [-0.1, -0.05) is 46.7 Å². The Morgan fingerprint density at radius 3 is 2.43 bits per heavy atom. The summed E-state index contributed by atoms with van der Waals surface area (Å²) in [5, 5.41) is 12.3. The number of aromatic nitrogens is 2. The van der Waals surface area contributed by atoms with Gasteiger partial charge in [-0.05, 0) is 43.2 Å². The molecule has 3 aromatic rings. The number of sulfonamides is 1. The van der Waals surface area contributed by atoms with Crippen LogP contribution in [0.3, 0.4) is 0 Å². The molecule has 0 radical (unpaired) electrons.